The van der Waals surface area contributed by atoms with Crippen LogP contribution in [0.15, 0.2) is 47.1 Å². The molecule has 0 atom stereocenters. The van der Waals surface area contributed by atoms with Crippen molar-refractivity contribution in [3.8, 4) is 0 Å². The predicted octanol–water partition coefficient (Wildman–Crippen LogP) is 5.63. The Hall–Kier alpha value is -1.56. The van der Waals surface area contributed by atoms with Gasteiger partial charge in [-0.25, -0.2) is 0 Å². The molecule has 0 radical (unpaired) electrons. The van der Waals surface area contributed by atoms with E-state index >= 15 is 0 Å². The molecular weight excluding hydrogens is 228 g/mol. The van der Waals surface area contributed by atoms with Gasteiger partial charge in [-0.15, -0.1) is 0 Å². The molecule has 2 rings (SSSR count). The van der Waals surface area contributed by atoms with Gasteiger partial charge in [-0.1, -0.05) is 49.8 Å². The standard InChI is InChI=1S/C19H24/c1-5-7-18-13-17(11-10-14(18)2)12-16(4)19-9-6-8-15(19)3/h8-13H,5-7H2,1-4H3/b16-12+. The summed E-state index contributed by atoms with van der Waals surface area (Å²) in [7, 11) is 0. The largest absolute Gasteiger partial charge is 0.0772 e. The molecule has 1 aromatic carbocycles. The summed E-state index contributed by atoms with van der Waals surface area (Å²) < 4.78 is 0. The van der Waals surface area contributed by atoms with Crippen LogP contribution in [0.4, 0.5) is 0 Å². The molecule has 0 aromatic heterocycles. The van der Waals surface area contributed by atoms with Crippen molar-refractivity contribution in [3.63, 3.8) is 0 Å². The summed E-state index contributed by atoms with van der Waals surface area (Å²) in [6.45, 7) is 8.87. The van der Waals surface area contributed by atoms with Crippen molar-refractivity contribution in [2.45, 2.75) is 47.0 Å². The average molecular weight is 252 g/mol. The Labute approximate surface area is 117 Å². The number of benzene rings is 1. The van der Waals surface area contributed by atoms with Crippen molar-refractivity contribution in [1.29, 1.82) is 0 Å². The van der Waals surface area contributed by atoms with Gasteiger partial charge in [0.2, 0.25) is 0 Å². The SMILES string of the molecule is CCCc1cc(/C=C(\C)C2=CCC=C2C)ccc1C. The molecule has 0 N–H and O–H groups in total. The number of rotatable bonds is 4. The zero-order valence-electron chi connectivity index (χ0n) is 12.6. The zero-order valence-corrected chi connectivity index (χ0v) is 12.6. The van der Waals surface area contributed by atoms with Crippen molar-refractivity contribution in [2.24, 2.45) is 0 Å². The molecule has 0 aliphatic heterocycles. The third-order valence-electron chi connectivity index (χ3n) is 3.87. The first-order valence-electron chi connectivity index (χ1n) is 7.27. The highest BCUT2D eigenvalue weighted by Gasteiger charge is 2.07. The van der Waals surface area contributed by atoms with Gasteiger partial charge in [0.05, 0.1) is 0 Å². The topological polar surface area (TPSA) is 0 Å². The first-order valence-corrected chi connectivity index (χ1v) is 7.27. The van der Waals surface area contributed by atoms with E-state index in [1.807, 2.05) is 0 Å². The van der Waals surface area contributed by atoms with Gasteiger partial charge in [0.15, 0.2) is 0 Å². The van der Waals surface area contributed by atoms with Gasteiger partial charge in [0.1, 0.15) is 0 Å². The second-order valence-electron chi connectivity index (χ2n) is 5.50. The Balaban J connectivity index is 2.28. The van der Waals surface area contributed by atoms with E-state index in [2.05, 4.69) is 64.1 Å². The van der Waals surface area contributed by atoms with E-state index in [-0.39, 0.29) is 0 Å². The molecule has 0 fully saturated rings. The van der Waals surface area contributed by atoms with Crippen molar-refractivity contribution in [1.82, 2.24) is 0 Å². The van der Waals surface area contributed by atoms with E-state index in [0.717, 1.165) is 6.42 Å². The molecule has 1 aromatic rings. The second kappa shape index (κ2) is 6.06. The maximum atomic E-state index is 2.34. The highest BCUT2D eigenvalue weighted by atomic mass is 14.1. The van der Waals surface area contributed by atoms with Gasteiger partial charge < -0.3 is 0 Å². The van der Waals surface area contributed by atoms with Gasteiger partial charge in [0, 0.05) is 0 Å². The van der Waals surface area contributed by atoms with Gasteiger partial charge >= 0.3 is 0 Å². The Morgan fingerprint density at radius 3 is 2.63 bits per heavy atom. The van der Waals surface area contributed by atoms with Crippen molar-refractivity contribution < 1.29 is 0 Å². The number of allylic oxidation sites excluding steroid dienone is 5. The molecule has 0 saturated heterocycles. The Bertz CT molecular complexity index is 553. The third-order valence-corrected chi connectivity index (χ3v) is 3.87. The molecule has 0 amide bonds. The zero-order chi connectivity index (χ0) is 13.8. The lowest BCUT2D eigenvalue weighted by atomic mass is 9.97. The van der Waals surface area contributed by atoms with Gasteiger partial charge in [0.25, 0.3) is 0 Å². The van der Waals surface area contributed by atoms with E-state index in [4.69, 9.17) is 0 Å². The average Bonchev–Trinajstić information content (AvgIpc) is 2.80. The quantitative estimate of drug-likeness (QED) is 0.651. The van der Waals surface area contributed by atoms with E-state index < -0.39 is 0 Å². The molecule has 0 spiro atoms. The fourth-order valence-corrected chi connectivity index (χ4v) is 2.74. The maximum absolute atomic E-state index is 2.34. The molecule has 0 heterocycles. The van der Waals surface area contributed by atoms with Crippen molar-refractivity contribution in [2.75, 3.05) is 0 Å². The predicted molar refractivity (Wildman–Crippen MR) is 85.3 cm³/mol. The minimum atomic E-state index is 1.08. The van der Waals surface area contributed by atoms with Crippen LogP contribution in [0.2, 0.25) is 0 Å². The highest BCUT2D eigenvalue weighted by molar-refractivity contribution is 5.63. The Morgan fingerprint density at radius 1 is 1.21 bits per heavy atom. The van der Waals surface area contributed by atoms with E-state index in [1.54, 1.807) is 0 Å². The van der Waals surface area contributed by atoms with Crippen LogP contribution in [0.1, 0.15) is 50.3 Å². The first-order chi connectivity index (χ1) is 9.11. The fourth-order valence-electron chi connectivity index (χ4n) is 2.74. The van der Waals surface area contributed by atoms with Crippen LogP contribution >= 0.6 is 0 Å². The summed E-state index contributed by atoms with van der Waals surface area (Å²) >= 11 is 0. The molecule has 100 valence electrons. The Morgan fingerprint density at radius 2 is 2.00 bits per heavy atom. The van der Waals surface area contributed by atoms with E-state index in [0.29, 0.717) is 0 Å². The number of aryl methyl sites for hydroxylation is 2. The molecule has 0 unspecified atom stereocenters. The van der Waals surface area contributed by atoms with Crippen LogP contribution in [-0.4, -0.2) is 0 Å². The van der Waals surface area contributed by atoms with Crippen molar-refractivity contribution >= 4 is 6.08 Å². The second-order valence-corrected chi connectivity index (χ2v) is 5.50. The fraction of sp³-hybridized carbons (Fsp3) is 0.368. The van der Waals surface area contributed by atoms with Crippen LogP contribution in [0.5, 0.6) is 0 Å². The lowest BCUT2D eigenvalue weighted by molar-refractivity contribution is 0.912. The lowest BCUT2D eigenvalue weighted by Gasteiger charge is -2.08. The van der Waals surface area contributed by atoms with E-state index in [1.165, 1.54) is 46.3 Å². The number of hydrogen-bond donors (Lipinski definition) is 0. The van der Waals surface area contributed by atoms with Crippen LogP contribution in [0, 0.1) is 6.92 Å². The normalized spacial score (nSPS) is 15.5. The van der Waals surface area contributed by atoms with Gasteiger partial charge in [-0.2, -0.15) is 0 Å². The highest BCUT2D eigenvalue weighted by Crippen LogP contribution is 2.27. The summed E-state index contributed by atoms with van der Waals surface area (Å²) in [5.74, 6) is 0. The molecule has 19 heavy (non-hydrogen) atoms. The molecule has 0 heteroatoms. The lowest BCUT2D eigenvalue weighted by Crippen LogP contribution is -1.90. The number of hydrogen-bond acceptors (Lipinski definition) is 0. The summed E-state index contributed by atoms with van der Waals surface area (Å²) in [6.07, 6.45) is 10.4. The monoisotopic (exact) mass is 252 g/mol. The van der Waals surface area contributed by atoms with Crippen LogP contribution in [0.3, 0.4) is 0 Å². The maximum Gasteiger partial charge on any atom is -0.0154 e. The molecule has 1 aliphatic carbocycles. The van der Waals surface area contributed by atoms with Crippen molar-refractivity contribution in [3.05, 3.63) is 63.8 Å². The first kappa shape index (κ1) is 13.9. The summed E-state index contributed by atoms with van der Waals surface area (Å²) in [5, 5.41) is 0. The summed E-state index contributed by atoms with van der Waals surface area (Å²) in [6, 6.07) is 6.82. The summed E-state index contributed by atoms with van der Waals surface area (Å²) in [4.78, 5) is 0. The smallest absolute Gasteiger partial charge is 0.0154 e. The molecule has 1 aliphatic rings. The van der Waals surface area contributed by atoms with Crippen LogP contribution in [-0.2, 0) is 6.42 Å². The summed E-state index contributed by atoms with van der Waals surface area (Å²) in [5.41, 5.74) is 8.42. The molecular formula is C19H24. The van der Waals surface area contributed by atoms with E-state index in [9.17, 15) is 0 Å². The van der Waals surface area contributed by atoms with Crippen LogP contribution < -0.4 is 0 Å². The molecule has 0 bridgehead atoms. The molecule has 0 nitrogen and oxygen atoms in total. The van der Waals surface area contributed by atoms with Gasteiger partial charge in [-0.05, 0) is 67.0 Å². The van der Waals surface area contributed by atoms with Gasteiger partial charge in [-0.3, -0.25) is 0 Å². The minimum Gasteiger partial charge on any atom is -0.0772 e. The van der Waals surface area contributed by atoms with Crippen LogP contribution in [0.25, 0.3) is 6.08 Å². The third kappa shape index (κ3) is 3.26. The molecule has 0 saturated carbocycles. The minimum absolute atomic E-state index is 1.08. The Kier molecular flexibility index (Phi) is 4.42.